The Morgan fingerprint density at radius 1 is 1.57 bits per heavy atom. The monoisotopic (exact) mass is 293 g/mol. The predicted octanol–water partition coefficient (Wildman–Crippen LogP) is 1.33. The van der Waals surface area contributed by atoms with Crippen molar-refractivity contribution in [2.24, 2.45) is 0 Å². The van der Waals surface area contributed by atoms with Crippen LogP contribution in [0.15, 0.2) is 18.2 Å². The first-order valence-corrected chi connectivity index (χ1v) is 7.06. The maximum Gasteiger partial charge on any atom is 0.238 e. The van der Waals surface area contributed by atoms with E-state index in [-0.39, 0.29) is 18.1 Å². The zero-order valence-electron chi connectivity index (χ0n) is 12.8. The van der Waals surface area contributed by atoms with Crippen molar-refractivity contribution < 1.29 is 14.3 Å². The molecule has 1 heterocycles. The fourth-order valence-corrected chi connectivity index (χ4v) is 2.66. The molecule has 1 aromatic rings. The number of nitrogen functional groups attached to an aromatic ring is 1. The molecule has 1 fully saturated rings. The number of rotatable bonds is 5. The Hall–Kier alpha value is -1.79. The van der Waals surface area contributed by atoms with E-state index in [1.54, 1.807) is 25.3 Å². The number of anilines is 2. The lowest BCUT2D eigenvalue weighted by atomic mass is 10.1. The highest BCUT2D eigenvalue weighted by atomic mass is 16.5. The zero-order valence-corrected chi connectivity index (χ0v) is 12.8. The molecule has 6 heteroatoms. The van der Waals surface area contributed by atoms with E-state index in [0.717, 1.165) is 13.0 Å². The van der Waals surface area contributed by atoms with Gasteiger partial charge >= 0.3 is 0 Å². The average Bonchev–Trinajstić information content (AvgIpc) is 2.85. The number of nitrogens with one attached hydrogen (secondary N) is 1. The second-order valence-electron chi connectivity index (χ2n) is 5.35. The van der Waals surface area contributed by atoms with Crippen LogP contribution >= 0.6 is 0 Å². The number of ether oxygens (including phenoxy) is 2. The molecule has 2 rings (SSSR count). The highest BCUT2D eigenvalue weighted by molar-refractivity contribution is 5.94. The molecule has 0 spiro atoms. The molecule has 1 aromatic carbocycles. The van der Waals surface area contributed by atoms with E-state index in [1.807, 2.05) is 18.9 Å². The van der Waals surface area contributed by atoms with Gasteiger partial charge in [0.15, 0.2) is 0 Å². The Morgan fingerprint density at radius 3 is 2.95 bits per heavy atom. The minimum atomic E-state index is -0.0968. The van der Waals surface area contributed by atoms with Crippen molar-refractivity contribution >= 4 is 17.3 Å². The van der Waals surface area contributed by atoms with Gasteiger partial charge in [-0.3, -0.25) is 9.69 Å². The first kappa shape index (κ1) is 15.6. The van der Waals surface area contributed by atoms with Gasteiger partial charge in [-0.1, -0.05) is 0 Å². The second kappa shape index (κ2) is 6.78. The molecule has 0 bridgehead atoms. The number of hydrogen-bond donors (Lipinski definition) is 2. The van der Waals surface area contributed by atoms with Crippen molar-refractivity contribution in [1.29, 1.82) is 0 Å². The van der Waals surface area contributed by atoms with E-state index in [4.69, 9.17) is 15.2 Å². The number of hydrogen-bond acceptors (Lipinski definition) is 5. The summed E-state index contributed by atoms with van der Waals surface area (Å²) in [6.45, 7) is 3.09. The zero-order chi connectivity index (χ0) is 15.4. The lowest BCUT2D eigenvalue weighted by molar-refractivity contribution is -0.117. The van der Waals surface area contributed by atoms with Gasteiger partial charge in [0.25, 0.3) is 0 Å². The number of methoxy groups -OCH3 is 1. The molecule has 0 aromatic heterocycles. The third-order valence-electron chi connectivity index (χ3n) is 3.79. The van der Waals surface area contributed by atoms with Gasteiger partial charge in [0.1, 0.15) is 5.75 Å². The molecule has 0 saturated carbocycles. The summed E-state index contributed by atoms with van der Waals surface area (Å²) in [6, 6.07) is 5.44. The summed E-state index contributed by atoms with van der Waals surface area (Å²) in [5.74, 6) is 0.498. The molecule has 6 nitrogen and oxygen atoms in total. The van der Waals surface area contributed by atoms with Gasteiger partial charge in [-0.15, -0.1) is 0 Å². The van der Waals surface area contributed by atoms with E-state index in [0.29, 0.717) is 23.7 Å². The molecule has 3 N–H and O–H groups in total. The number of nitrogens with zero attached hydrogens (tertiary/aromatic N) is 1. The van der Waals surface area contributed by atoms with E-state index in [1.165, 1.54) is 0 Å². The molecule has 0 radical (unpaired) electrons. The van der Waals surface area contributed by atoms with Crippen molar-refractivity contribution in [3.63, 3.8) is 0 Å². The quantitative estimate of drug-likeness (QED) is 0.801. The first-order chi connectivity index (χ1) is 10.0. The van der Waals surface area contributed by atoms with Crippen molar-refractivity contribution in [2.45, 2.75) is 25.5 Å². The van der Waals surface area contributed by atoms with Crippen LogP contribution < -0.4 is 15.8 Å². The molecule has 1 saturated heterocycles. The summed E-state index contributed by atoms with van der Waals surface area (Å²) in [7, 11) is 3.50. The van der Waals surface area contributed by atoms with Crippen LogP contribution in [-0.4, -0.2) is 50.3 Å². The highest BCUT2D eigenvalue weighted by Crippen LogP contribution is 2.26. The number of amides is 1. The van der Waals surface area contributed by atoms with Crippen LogP contribution in [0.3, 0.4) is 0 Å². The fourth-order valence-electron chi connectivity index (χ4n) is 2.66. The smallest absolute Gasteiger partial charge is 0.238 e. The van der Waals surface area contributed by atoms with Gasteiger partial charge in [0.2, 0.25) is 5.91 Å². The van der Waals surface area contributed by atoms with Crippen LogP contribution in [0.25, 0.3) is 0 Å². The standard InChI is InChI=1S/C15H23N3O3/c1-10-13(6-7-21-10)18(2)9-15(19)17-12-8-11(16)4-5-14(12)20-3/h4-5,8,10,13H,6-7,9,16H2,1-3H3,(H,17,19). The molecule has 1 aliphatic rings. The molecule has 1 aliphatic heterocycles. The Labute approximate surface area is 125 Å². The molecular formula is C15H23N3O3. The topological polar surface area (TPSA) is 76.8 Å². The minimum absolute atomic E-state index is 0.0968. The Morgan fingerprint density at radius 2 is 2.33 bits per heavy atom. The summed E-state index contributed by atoms with van der Waals surface area (Å²) < 4.78 is 10.7. The van der Waals surface area contributed by atoms with Crippen LogP contribution in [-0.2, 0) is 9.53 Å². The third-order valence-corrected chi connectivity index (χ3v) is 3.79. The van der Waals surface area contributed by atoms with Crippen LogP contribution in [0, 0.1) is 0 Å². The maximum atomic E-state index is 12.2. The van der Waals surface area contributed by atoms with Crippen LogP contribution in [0.2, 0.25) is 0 Å². The van der Waals surface area contributed by atoms with Crippen molar-refractivity contribution in [2.75, 3.05) is 38.4 Å². The number of likely N-dealkylation sites (N-methyl/N-ethyl adjacent to an activating group) is 1. The average molecular weight is 293 g/mol. The Kier molecular flexibility index (Phi) is 5.03. The van der Waals surface area contributed by atoms with E-state index < -0.39 is 0 Å². The molecular weight excluding hydrogens is 270 g/mol. The normalized spacial score (nSPS) is 21.5. The van der Waals surface area contributed by atoms with Gasteiger partial charge in [0, 0.05) is 18.3 Å². The largest absolute Gasteiger partial charge is 0.495 e. The van der Waals surface area contributed by atoms with Gasteiger partial charge < -0.3 is 20.5 Å². The van der Waals surface area contributed by atoms with Gasteiger partial charge in [-0.25, -0.2) is 0 Å². The minimum Gasteiger partial charge on any atom is -0.495 e. The number of benzene rings is 1. The second-order valence-corrected chi connectivity index (χ2v) is 5.35. The lowest BCUT2D eigenvalue weighted by Crippen LogP contribution is -2.41. The van der Waals surface area contributed by atoms with Crippen molar-refractivity contribution in [3.05, 3.63) is 18.2 Å². The van der Waals surface area contributed by atoms with E-state index in [2.05, 4.69) is 5.32 Å². The molecule has 1 amide bonds. The summed E-state index contributed by atoms with van der Waals surface area (Å²) in [5, 5.41) is 2.85. The van der Waals surface area contributed by atoms with E-state index in [9.17, 15) is 4.79 Å². The molecule has 116 valence electrons. The molecule has 2 unspecified atom stereocenters. The number of carbonyl (C=O) groups is 1. The molecule has 2 atom stereocenters. The summed E-state index contributed by atoms with van der Waals surface area (Å²) >= 11 is 0. The first-order valence-electron chi connectivity index (χ1n) is 7.06. The van der Waals surface area contributed by atoms with Crippen molar-refractivity contribution in [3.8, 4) is 5.75 Å². The number of carbonyl (C=O) groups excluding carboxylic acids is 1. The molecule has 21 heavy (non-hydrogen) atoms. The SMILES string of the molecule is COc1ccc(N)cc1NC(=O)CN(C)C1CCOC1C. The van der Waals surface area contributed by atoms with Gasteiger partial charge in [-0.2, -0.15) is 0 Å². The van der Waals surface area contributed by atoms with Crippen molar-refractivity contribution in [1.82, 2.24) is 4.90 Å². The number of nitrogens with two attached hydrogens (primary N) is 1. The molecule has 0 aliphatic carbocycles. The summed E-state index contributed by atoms with van der Waals surface area (Å²) in [6.07, 6.45) is 1.11. The van der Waals surface area contributed by atoms with Gasteiger partial charge in [-0.05, 0) is 38.6 Å². The Balaban J connectivity index is 1.97. The highest BCUT2D eigenvalue weighted by Gasteiger charge is 2.28. The fraction of sp³-hybridized carbons (Fsp3) is 0.533. The lowest BCUT2D eigenvalue weighted by Gasteiger charge is -2.26. The van der Waals surface area contributed by atoms with Gasteiger partial charge in [0.05, 0.1) is 25.4 Å². The van der Waals surface area contributed by atoms with Crippen LogP contribution in [0.1, 0.15) is 13.3 Å². The maximum absolute atomic E-state index is 12.2. The summed E-state index contributed by atoms with van der Waals surface area (Å²) in [4.78, 5) is 14.2. The van der Waals surface area contributed by atoms with E-state index >= 15 is 0 Å². The van der Waals surface area contributed by atoms with Crippen LogP contribution in [0.4, 0.5) is 11.4 Å². The third kappa shape index (κ3) is 3.86. The van der Waals surface area contributed by atoms with Crippen LogP contribution in [0.5, 0.6) is 5.75 Å². The predicted molar refractivity (Wildman–Crippen MR) is 82.5 cm³/mol. The Bertz CT molecular complexity index is 507. The summed E-state index contributed by atoms with van der Waals surface area (Å²) in [5.41, 5.74) is 6.91.